The zero-order valence-corrected chi connectivity index (χ0v) is 12.2. The molecule has 0 atom stereocenters. The highest BCUT2D eigenvalue weighted by Crippen LogP contribution is 2.36. The van der Waals surface area contributed by atoms with E-state index in [1.807, 2.05) is 0 Å². The van der Waals surface area contributed by atoms with Gasteiger partial charge in [-0.2, -0.15) is 5.10 Å². The number of aromatic amines is 1. The molecular weight excluding hydrogens is 290 g/mol. The number of benzene rings is 1. The number of halogens is 2. The molecule has 1 fully saturated rings. The minimum Gasteiger partial charge on any atom is -0.381 e. The van der Waals surface area contributed by atoms with Crippen LogP contribution in [0.1, 0.15) is 30.0 Å². The van der Waals surface area contributed by atoms with E-state index in [2.05, 4.69) is 10.2 Å². The Labute approximate surface area is 126 Å². The van der Waals surface area contributed by atoms with Crippen LogP contribution in [0.2, 0.25) is 0 Å². The van der Waals surface area contributed by atoms with Crippen LogP contribution < -0.4 is 5.56 Å². The maximum atomic E-state index is 14.2. The summed E-state index contributed by atoms with van der Waals surface area (Å²) in [5.41, 5.74) is 0.405. The molecule has 3 rings (SSSR count). The highest BCUT2D eigenvalue weighted by atomic mass is 19.1. The van der Waals surface area contributed by atoms with Crippen LogP contribution in [0, 0.1) is 18.6 Å². The van der Waals surface area contributed by atoms with E-state index in [0.29, 0.717) is 37.3 Å². The predicted molar refractivity (Wildman–Crippen MR) is 77.7 cm³/mol. The zero-order chi connectivity index (χ0) is 15.7. The Morgan fingerprint density at radius 2 is 1.82 bits per heavy atom. The molecule has 1 aromatic carbocycles. The molecule has 0 spiro atoms. The van der Waals surface area contributed by atoms with E-state index in [1.54, 1.807) is 6.92 Å². The van der Waals surface area contributed by atoms with E-state index in [-0.39, 0.29) is 17.0 Å². The molecule has 1 N–H and O–H groups in total. The first kappa shape index (κ1) is 14.8. The van der Waals surface area contributed by atoms with Crippen molar-refractivity contribution in [3.63, 3.8) is 0 Å². The summed E-state index contributed by atoms with van der Waals surface area (Å²) in [6.45, 7) is 2.87. The summed E-state index contributed by atoms with van der Waals surface area (Å²) in [5, 5.41) is 6.31. The molecule has 2 heterocycles. The molecule has 0 amide bonds. The minimum atomic E-state index is -0.746. The number of H-pyrrole nitrogens is 1. The van der Waals surface area contributed by atoms with E-state index in [4.69, 9.17) is 4.74 Å². The van der Waals surface area contributed by atoms with Gasteiger partial charge in [0.25, 0.3) is 5.56 Å². The lowest BCUT2D eigenvalue weighted by Crippen LogP contribution is -2.22. The lowest BCUT2D eigenvalue weighted by Gasteiger charge is -2.25. The number of rotatable bonds is 2. The first-order valence-corrected chi connectivity index (χ1v) is 7.21. The molecular formula is C16H16F2N2O2. The van der Waals surface area contributed by atoms with Crippen molar-refractivity contribution in [1.82, 2.24) is 10.2 Å². The van der Waals surface area contributed by atoms with Gasteiger partial charge in [-0.05, 0) is 43.4 Å². The van der Waals surface area contributed by atoms with Crippen molar-refractivity contribution in [2.45, 2.75) is 25.7 Å². The standard InChI is InChI=1S/C16H16F2N2O2/c1-9-13(10-5-7-22-8-6-10)15(16(21)20-19-9)14-11(17)3-2-4-12(14)18/h2-4,10H,5-8H2,1H3,(H,20,21). The van der Waals surface area contributed by atoms with Crippen molar-refractivity contribution < 1.29 is 13.5 Å². The number of hydrogen-bond acceptors (Lipinski definition) is 3. The highest BCUT2D eigenvalue weighted by Gasteiger charge is 2.27. The van der Waals surface area contributed by atoms with Gasteiger partial charge < -0.3 is 4.74 Å². The second-order valence-electron chi connectivity index (χ2n) is 5.41. The Hall–Kier alpha value is -2.08. The van der Waals surface area contributed by atoms with Crippen molar-refractivity contribution in [2.75, 3.05) is 13.2 Å². The molecule has 6 heteroatoms. The summed E-state index contributed by atoms with van der Waals surface area (Å²) >= 11 is 0. The van der Waals surface area contributed by atoms with Crippen molar-refractivity contribution in [1.29, 1.82) is 0 Å². The number of aryl methyl sites for hydroxylation is 1. The van der Waals surface area contributed by atoms with Gasteiger partial charge >= 0.3 is 0 Å². The van der Waals surface area contributed by atoms with Gasteiger partial charge in [-0.25, -0.2) is 13.9 Å². The third-order valence-corrected chi connectivity index (χ3v) is 4.05. The summed E-state index contributed by atoms with van der Waals surface area (Å²) < 4.78 is 33.6. The Balaban J connectivity index is 2.27. The first-order chi connectivity index (χ1) is 10.6. The van der Waals surface area contributed by atoms with Crippen LogP contribution in [0.3, 0.4) is 0 Å². The highest BCUT2D eigenvalue weighted by molar-refractivity contribution is 5.69. The first-order valence-electron chi connectivity index (χ1n) is 7.21. The summed E-state index contributed by atoms with van der Waals surface area (Å²) in [6.07, 6.45) is 1.41. The molecule has 0 unspecified atom stereocenters. The average Bonchev–Trinajstić information content (AvgIpc) is 2.51. The Kier molecular flexibility index (Phi) is 4.02. The van der Waals surface area contributed by atoms with Gasteiger partial charge in [-0.3, -0.25) is 4.79 Å². The number of nitrogens with one attached hydrogen (secondary N) is 1. The predicted octanol–water partition coefficient (Wildman–Crippen LogP) is 2.92. The molecule has 22 heavy (non-hydrogen) atoms. The SMILES string of the molecule is Cc1n[nH]c(=O)c(-c2c(F)cccc2F)c1C1CCOCC1. The maximum absolute atomic E-state index is 14.2. The van der Waals surface area contributed by atoms with Gasteiger partial charge in [0.2, 0.25) is 0 Å². The zero-order valence-electron chi connectivity index (χ0n) is 12.2. The van der Waals surface area contributed by atoms with Crippen LogP contribution in [0.25, 0.3) is 11.1 Å². The van der Waals surface area contributed by atoms with E-state index < -0.39 is 17.2 Å². The third kappa shape index (κ3) is 2.54. The lowest BCUT2D eigenvalue weighted by atomic mass is 9.85. The molecule has 0 saturated carbocycles. The molecule has 0 bridgehead atoms. The molecule has 2 aromatic rings. The topological polar surface area (TPSA) is 55.0 Å². The van der Waals surface area contributed by atoms with Crippen LogP contribution in [0.5, 0.6) is 0 Å². The van der Waals surface area contributed by atoms with E-state index >= 15 is 0 Å². The van der Waals surface area contributed by atoms with E-state index in [9.17, 15) is 13.6 Å². The fraction of sp³-hybridized carbons (Fsp3) is 0.375. The molecule has 0 radical (unpaired) electrons. The monoisotopic (exact) mass is 306 g/mol. The van der Waals surface area contributed by atoms with Crippen LogP contribution >= 0.6 is 0 Å². The molecule has 1 aliphatic rings. The number of nitrogens with zero attached hydrogens (tertiary/aromatic N) is 1. The summed E-state index contributed by atoms with van der Waals surface area (Å²) in [5.74, 6) is -1.48. The molecule has 0 aliphatic carbocycles. The summed E-state index contributed by atoms with van der Waals surface area (Å²) in [6, 6.07) is 3.59. The molecule has 116 valence electrons. The fourth-order valence-electron chi connectivity index (χ4n) is 3.02. The molecule has 1 aliphatic heterocycles. The Morgan fingerprint density at radius 1 is 1.18 bits per heavy atom. The van der Waals surface area contributed by atoms with Gasteiger partial charge in [0, 0.05) is 13.2 Å². The normalized spacial score (nSPS) is 16.0. The number of hydrogen-bond donors (Lipinski definition) is 1. The van der Waals surface area contributed by atoms with Gasteiger partial charge in [0.1, 0.15) is 11.6 Å². The Morgan fingerprint density at radius 3 is 2.45 bits per heavy atom. The van der Waals surface area contributed by atoms with Crippen molar-refractivity contribution >= 4 is 0 Å². The molecule has 1 aromatic heterocycles. The second-order valence-corrected chi connectivity index (χ2v) is 5.41. The van der Waals surface area contributed by atoms with Gasteiger partial charge in [0.15, 0.2) is 0 Å². The molecule has 1 saturated heterocycles. The van der Waals surface area contributed by atoms with Crippen LogP contribution in [0.15, 0.2) is 23.0 Å². The second kappa shape index (κ2) is 5.96. The Bertz CT molecular complexity index is 732. The van der Waals surface area contributed by atoms with Gasteiger partial charge in [-0.15, -0.1) is 0 Å². The molecule has 4 nitrogen and oxygen atoms in total. The van der Waals surface area contributed by atoms with Crippen molar-refractivity contribution in [2.24, 2.45) is 0 Å². The van der Waals surface area contributed by atoms with Crippen LogP contribution in [-0.2, 0) is 4.74 Å². The van der Waals surface area contributed by atoms with E-state index in [0.717, 1.165) is 12.1 Å². The maximum Gasteiger partial charge on any atom is 0.272 e. The third-order valence-electron chi connectivity index (χ3n) is 4.05. The smallest absolute Gasteiger partial charge is 0.272 e. The fourth-order valence-corrected chi connectivity index (χ4v) is 3.02. The minimum absolute atomic E-state index is 0.0116. The largest absolute Gasteiger partial charge is 0.381 e. The summed E-state index contributed by atoms with van der Waals surface area (Å²) in [4.78, 5) is 12.3. The summed E-state index contributed by atoms with van der Waals surface area (Å²) in [7, 11) is 0. The van der Waals surface area contributed by atoms with Gasteiger partial charge in [0.05, 0.1) is 16.8 Å². The number of ether oxygens (including phenoxy) is 1. The quantitative estimate of drug-likeness (QED) is 0.928. The average molecular weight is 306 g/mol. The van der Waals surface area contributed by atoms with Crippen molar-refractivity contribution in [3.8, 4) is 11.1 Å². The van der Waals surface area contributed by atoms with E-state index in [1.165, 1.54) is 6.07 Å². The van der Waals surface area contributed by atoms with Crippen molar-refractivity contribution in [3.05, 3.63) is 51.4 Å². The number of aromatic nitrogens is 2. The lowest BCUT2D eigenvalue weighted by molar-refractivity contribution is 0.0852. The van der Waals surface area contributed by atoms with Crippen LogP contribution in [-0.4, -0.2) is 23.4 Å². The van der Waals surface area contributed by atoms with Gasteiger partial charge in [-0.1, -0.05) is 6.07 Å². The van der Waals surface area contributed by atoms with Crippen LogP contribution in [0.4, 0.5) is 8.78 Å².